The fraction of sp³-hybridized carbons (Fsp3) is 0.261. The van der Waals surface area contributed by atoms with Gasteiger partial charge in [0.15, 0.2) is 17.0 Å². The second-order valence-electron chi connectivity index (χ2n) is 7.59. The first-order valence-corrected chi connectivity index (χ1v) is 10.6. The topological polar surface area (TPSA) is 98.5 Å². The molecule has 2 aromatic carbocycles. The first-order chi connectivity index (χ1) is 16.2. The Morgan fingerprint density at radius 2 is 1.82 bits per heavy atom. The number of nitrogens with zero attached hydrogens (tertiary/aromatic N) is 7. The summed E-state index contributed by atoms with van der Waals surface area (Å²) < 4.78 is 12.4. The zero-order valence-electron chi connectivity index (χ0n) is 18.2. The number of ether oxygens (including phenoxy) is 2. The van der Waals surface area contributed by atoms with Crippen molar-refractivity contribution in [1.29, 1.82) is 0 Å². The van der Waals surface area contributed by atoms with E-state index in [2.05, 4.69) is 25.2 Å². The van der Waals surface area contributed by atoms with Crippen molar-refractivity contribution in [2.45, 2.75) is 6.61 Å². The monoisotopic (exact) mass is 445 g/mol. The summed E-state index contributed by atoms with van der Waals surface area (Å²) in [6, 6.07) is 17.2. The maximum Gasteiger partial charge on any atom is 0.410 e. The maximum absolute atomic E-state index is 12.5. The molecule has 0 unspecified atom stereocenters. The Balaban J connectivity index is 1.28. The van der Waals surface area contributed by atoms with Crippen LogP contribution in [0, 0.1) is 0 Å². The van der Waals surface area contributed by atoms with Gasteiger partial charge in [-0.3, -0.25) is 0 Å². The van der Waals surface area contributed by atoms with Gasteiger partial charge in [-0.05, 0) is 17.7 Å². The van der Waals surface area contributed by atoms with Crippen LogP contribution < -0.4 is 9.64 Å². The molecule has 0 saturated carbocycles. The Hall–Kier alpha value is -4.21. The van der Waals surface area contributed by atoms with Crippen LogP contribution in [-0.2, 0) is 11.3 Å². The summed E-state index contributed by atoms with van der Waals surface area (Å²) in [5.41, 5.74) is 2.98. The molecule has 1 fully saturated rings. The lowest BCUT2D eigenvalue weighted by molar-refractivity contribution is 0.0941. The van der Waals surface area contributed by atoms with Crippen molar-refractivity contribution in [3.63, 3.8) is 0 Å². The van der Waals surface area contributed by atoms with Crippen LogP contribution in [-0.4, -0.2) is 69.2 Å². The van der Waals surface area contributed by atoms with Crippen LogP contribution >= 0.6 is 0 Å². The third-order valence-corrected chi connectivity index (χ3v) is 5.56. The van der Waals surface area contributed by atoms with Crippen molar-refractivity contribution < 1.29 is 14.3 Å². The van der Waals surface area contributed by atoms with E-state index in [4.69, 9.17) is 9.47 Å². The van der Waals surface area contributed by atoms with Gasteiger partial charge in [0.25, 0.3) is 0 Å². The molecule has 10 heteroatoms. The van der Waals surface area contributed by atoms with Crippen molar-refractivity contribution >= 4 is 23.1 Å². The Bertz CT molecular complexity index is 1250. The lowest BCUT2D eigenvalue weighted by Gasteiger charge is -2.34. The van der Waals surface area contributed by atoms with Crippen molar-refractivity contribution in [2.75, 3.05) is 38.2 Å². The van der Waals surface area contributed by atoms with Gasteiger partial charge in [0, 0.05) is 32.2 Å². The first kappa shape index (κ1) is 20.7. The Kier molecular flexibility index (Phi) is 5.71. The maximum atomic E-state index is 12.5. The number of carbonyl (C=O) groups is 1. The molecular weight excluding hydrogens is 422 g/mol. The smallest absolute Gasteiger partial charge is 0.410 e. The van der Waals surface area contributed by atoms with Crippen LogP contribution in [0.4, 0.5) is 10.6 Å². The summed E-state index contributed by atoms with van der Waals surface area (Å²) in [5.74, 6) is 1.42. The number of amides is 1. The predicted molar refractivity (Wildman–Crippen MR) is 121 cm³/mol. The summed E-state index contributed by atoms with van der Waals surface area (Å²) in [6.45, 7) is 2.54. The molecule has 5 rings (SSSR count). The van der Waals surface area contributed by atoms with Gasteiger partial charge in [-0.1, -0.05) is 41.6 Å². The molecule has 3 heterocycles. The van der Waals surface area contributed by atoms with E-state index >= 15 is 0 Å². The second kappa shape index (κ2) is 9.11. The number of methoxy groups -OCH3 is 1. The third kappa shape index (κ3) is 4.27. The number of hydrogen-bond donors (Lipinski definition) is 0. The minimum absolute atomic E-state index is 0.264. The van der Waals surface area contributed by atoms with Crippen molar-refractivity contribution in [3.05, 3.63) is 66.5 Å². The molecule has 1 amide bonds. The van der Waals surface area contributed by atoms with Crippen LogP contribution in [0.5, 0.6) is 5.75 Å². The van der Waals surface area contributed by atoms with E-state index in [1.165, 1.54) is 6.33 Å². The Morgan fingerprint density at radius 1 is 1.00 bits per heavy atom. The number of hydrogen-bond acceptors (Lipinski definition) is 8. The van der Waals surface area contributed by atoms with E-state index in [1.54, 1.807) is 16.7 Å². The zero-order valence-corrected chi connectivity index (χ0v) is 18.2. The summed E-state index contributed by atoms with van der Waals surface area (Å²) in [5, 5.41) is 8.63. The van der Waals surface area contributed by atoms with Gasteiger partial charge in [0.2, 0.25) is 0 Å². The Labute approximate surface area is 190 Å². The summed E-state index contributed by atoms with van der Waals surface area (Å²) in [4.78, 5) is 25.1. The lowest BCUT2D eigenvalue weighted by Crippen LogP contribution is -2.49. The number of anilines is 1. The van der Waals surface area contributed by atoms with Crippen LogP contribution in [0.2, 0.25) is 0 Å². The van der Waals surface area contributed by atoms with E-state index in [1.807, 2.05) is 54.6 Å². The number of fused-ring (bicyclic) bond motifs is 1. The lowest BCUT2D eigenvalue weighted by atomic mass is 10.2. The second-order valence-corrected chi connectivity index (χ2v) is 7.59. The van der Waals surface area contributed by atoms with E-state index in [9.17, 15) is 4.79 Å². The summed E-state index contributed by atoms with van der Waals surface area (Å²) >= 11 is 0. The van der Waals surface area contributed by atoms with Crippen molar-refractivity contribution in [2.24, 2.45) is 0 Å². The number of carbonyl (C=O) groups excluding carboxylic acids is 1. The fourth-order valence-electron chi connectivity index (χ4n) is 3.80. The van der Waals surface area contributed by atoms with Crippen LogP contribution in [0.3, 0.4) is 0 Å². The molecule has 0 spiro atoms. The molecule has 168 valence electrons. The average molecular weight is 445 g/mol. The molecule has 1 aliphatic heterocycles. The van der Waals surface area contributed by atoms with E-state index in [-0.39, 0.29) is 12.7 Å². The molecule has 1 aliphatic rings. The molecule has 33 heavy (non-hydrogen) atoms. The number of rotatable bonds is 5. The molecular formula is C23H23N7O3. The van der Waals surface area contributed by atoms with Gasteiger partial charge in [-0.25, -0.2) is 14.8 Å². The van der Waals surface area contributed by atoms with Gasteiger partial charge in [0.05, 0.1) is 12.8 Å². The minimum atomic E-state index is -0.310. The largest absolute Gasteiger partial charge is 0.497 e. The average Bonchev–Trinajstić information content (AvgIpc) is 3.32. The molecule has 10 nitrogen and oxygen atoms in total. The Morgan fingerprint density at radius 3 is 2.61 bits per heavy atom. The van der Waals surface area contributed by atoms with Gasteiger partial charge in [-0.15, -0.1) is 5.10 Å². The molecule has 0 bridgehead atoms. The fourth-order valence-corrected chi connectivity index (χ4v) is 3.80. The quantitative estimate of drug-likeness (QED) is 0.462. The molecule has 4 aromatic rings. The van der Waals surface area contributed by atoms with Gasteiger partial charge in [0.1, 0.15) is 18.7 Å². The van der Waals surface area contributed by atoms with E-state index < -0.39 is 0 Å². The first-order valence-electron chi connectivity index (χ1n) is 10.6. The highest BCUT2D eigenvalue weighted by Gasteiger charge is 2.25. The molecule has 1 saturated heterocycles. The standard InChI is InChI=1S/C23H23N7O3/c1-32-19-9-5-8-18(14-19)30-22-20(26-27-30)21(24-16-25-22)28-10-12-29(13-11-28)23(31)33-15-17-6-3-2-4-7-17/h2-9,14,16H,10-13,15H2,1H3. The number of benzene rings is 2. The van der Waals surface area contributed by atoms with E-state index in [0.717, 1.165) is 17.0 Å². The highest BCUT2D eigenvalue weighted by molar-refractivity contribution is 5.83. The van der Waals surface area contributed by atoms with Gasteiger partial charge >= 0.3 is 6.09 Å². The predicted octanol–water partition coefficient (Wildman–Crippen LogP) is 2.68. The van der Waals surface area contributed by atoms with Gasteiger partial charge in [-0.2, -0.15) is 4.68 Å². The van der Waals surface area contributed by atoms with E-state index in [0.29, 0.717) is 43.2 Å². The van der Waals surface area contributed by atoms with Crippen LogP contribution in [0.15, 0.2) is 60.9 Å². The summed E-state index contributed by atoms with van der Waals surface area (Å²) in [7, 11) is 1.62. The number of aromatic nitrogens is 5. The normalized spacial score (nSPS) is 13.8. The summed E-state index contributed by atoms with van der Waals surface area (Å²) in [6.07, 6.45) is 1.20. The van der Waals surface area contributed by atoms with Crippen LogP contribution in [0.1, 0.15) is 5.56 Å². The highest BCUT2D eigenvalue weighted by Crippen LogP contribution is 2.25. The van der Waals surface area contributed by atoms with Crippen molar-refractivity contribution in [3.8, 4) is 11.4 Å². The molecule has 2 aromatic heterocycles. The molecule has 0 N–H and O–H groups in total. The zero-order chi connectivity index (χ0) is 22.6. The molecule has 0 atom stereocenters. The van der Waals surface area contributed by atoms with Crippen molar-refractivity contribution in [1.82, 2.24) is 29.9 Å². The highest BCUT2D eigenvalue weighted by atomic mass is 16.6. The molecule has 0 radical (unpaired) electrons. The van der Waals surface area contributed by atoms with Gasteiger partial charge < -0.3 is 19.3 Å². The SMILES string of the molecule is COc1cccc(-n2nnc3c(N4CCN(C(=O)OCc5ccccc5)CC4)ncnc32)c1. The minimum Gasteiger partial charge on any atom is -0.497 e. The third-order valence-electron chi connectivity index (χ3n) is 5.56. The molecule has 0 aliphatic carbocycles. The van der Waals surface area contributed by atoms with Crippen LogP contribution in [0.25, 0.3) is 16.9 Å². The number of piperazine rings is 1.